The molecule has 0 bridgehead atoms. The first kappa shape index (κ1) is 31.9. The van der Waals surface area contributed by atoms with Crippen LogP contribution in [0.15, 0.2) is 53.4 Å². The Morgan fingerprint density at radius 1 is 0.841 bits per heavy atom. The van der Waals surface area contributed by atoms with E-state index in [9.17, 15) is 57.9 Å². The zero-order valence-corrected chi connectivity index (χ0v) is 23.4. The smallest absolute Gasteiger partial charge is 0.342 e. The summed E-state index contributed by atoms with van der Waals surface area (Å²) in [6.45, 7) is 0.186. The first-order valence-electron chi connectivity index (χ1n) is 13.3. The van der Waals surface area contributed by atoms with Crippen LogP contribution in [0.2, 0.25) is 0 Å². The van der Waals surface area contributed by atoms with Gasteiger partial charge in [0.2, 0.25) is 17.7 Å². The highest BCUT2D eigenvalue weighted by molar-refractivity contribution is 7.92. The van der Waals surface area contributed by atoms with Crippen molar-refractivity contribution in [3.8, 4) is 0 Å². The maximum Gasteiger partial charge on any atom is 0.435 e. The van der Waals surface area contributed by atoms with E-state index in [4.69, 9.17) is 0 Å². The van der Waals surface area contributed by atoms with Crippen LogP contribution in [0.1, 0.15) is 43.2 Å². The fourth-order valence-corrected chi connectivity index (χ4v) is 8.59. The molecule has 0 radical (unpaired) electrons. The van der Waals surface area contributed by atoms with E-state index in [2.05, 4.69) is 5.32 Å². The van der Waals surface area contributed by atoms with Crippen LogP contribution in [0.4, 0.5) is 35.1 Å². The molecule has 7 nitrogen and oxygen atoms in total. The lowest BCUT2D eigenvalue weighted by Crippen LogP contribution is -2.55. The summed E-state index contributed by atoms with van der Waals surface area (Å²) in [7, 11) is -4.53. The Labute approximate surface area is 245 Å². The highest BCUT2D eigenvalue weighted by Gasteiger charge is 2.73. The number of nitrogens with one attached hydrogen (secondary N) is 1. The average Bonchev–Trinajstić information content (AvgIpc) is 3.18. The summed E-state index contributed by atoms with van der Waals surface area (Å²) in [4.78, 5) is 38.3. The maximum absolute atomic E-state index is 14.6. The van der Waals surface area contributed by atoms with Crippen molar-refractivity contribution in [3.63, 3.8) is 0 Å². The topological polar surface area (TPSA) is 101 Å². The molecule has 3 aliphatic rings. The van der Waals surface area contributed by atoms with Crippen molar-refractivity contribution in [2.45, 2.75) is 59.8 Å². The number of likely N-dealkylation sites (tertiary alicyclic amines) is 1. The Balaban J connectivity index is 1.45. The highest BCUT2D eigenvalue weighted by atomic mass is 32.2. The molecule has 1 spiro atoms. The van der Waals surface area contributed by atoms with Crippen LogP contribution >= 0.6 is 0 Å². The molecule has 2 heterocycles. The standard InChI is InChI=1S/C28H24F8N2O5S/c29-19-5-7-20(8-6-19)44(42,43)25(17-1-3-18(4-2-17)26(30,27(31,32)33)28(34,35)36)13-16(14-25)22(40)38-11-9-24(10-12-38)15-21(39)37-23(24)41/h1-8,16H,9-15H2,(H,37,39,41). The van der Waals surface area contributed by atoms with Gasteiger partial charge in [0.1, 0.15) is 10.6 Å². The second-order valence-corrected chi connectivity index (χ2v) is 13.7. The molecule has 0 unspecified atom stereocenters. The molecule has 2 aliphatic heterocycles. The molecular weight excluding hydrogens is 628 g/mol. The van der Waals surface area contributed by atoms with Gasteiger partial charge < -0.3 is 4.90 Å². The van der Waals surface area contributed by atoms with E-state index in [1.165, 1.54) is 4.90 Å². The summed E-state index contributed by atoms with van der Waals surface area (Å²) < 4.78 is 134. The quantitative estimate of drug-likeness (QED) is 0.283. The average molecular weight is 653 g/mol. The SMILES string of the molecule is O=C1CC2(CCN(C(=O)C3CC(c4ccc(C(F)(C(F)(F)F)C(F)(F)F)cc4)(S(=O)(=O)c4ccc(F)cc4)C3)CC2)C(=O)N1. The fraction of sp³-hybridized carbons (Fsp3) is 0.464. The molecule has 16 heteroatoms. The van der Waals surface area contributed by atoms with Gasteiger partial charge in [-0.1, -0.05) is 24.3 Å². The van der Waals surface area contributed by atoms with Gasteiger partial charge in [0.25, 0.3) is 0 Å². The summed E-state index contributed by atoms with van der Waals surface area (Å²) >= 11 is 0. The third-order valence-corrected chi connectivity index (χ3v) is 11.5. The summed E-state index contributed by atoms with van der Waals surface area (Å²) in [5, 5.41) is 2.24. The van der Waals surface area contributed by atoms with Gasteiger partial charge >= 0.3 is 18.0 Å². The van der Waals surface area contributed by atoms with Gasteiger partial charge in [-0.05, 0) is 55.5 Å². The Hall–Kier alpha value is -3.56. The van der Waals surface area contributed by atoms with Gasteiger partial charge in [-0.15, -0.1) is 0 Å². The Morgan fingerprint density at radius 2 is 1.36 bits per heavy atom. The van der Waals surface area contributed by atoms with Crippen molar-refractivity contribution in [3.05, 3.63) is 65.5 Å². The summed E-state index contributed by atoms with van der Waals surface area (Å²) in [5.74, 6) is -3.06. The van der Waals surface area contributed by atoms with E-state index < -0.39 is 90.8 Å². The van der Waals surface area contributed by atoms with Crippen molar-refractivity contribution in [2.75, 3.05) is 13.1 Å². The number of nitrogens with zero attached hydrogens (tertiary/aromatic N) is 1. The number of hydrogen-bond donors (Lipinski definition) is 1. The minimum Gasteiger partial charge on any atom is -0.342 e. The van der Waals surface area contributed by atoms with Crippen molar-refractivity contribution < 1.29 is 57.9 Å². The minimum atomic E-state index is -6.38. The van der Waals surface area contributed by atoms with Crippen LogP contribution in [0.3, 0.4) is 0 Å². The Bertz CT molecular complexity index is 1580. The van der Waals surface area contributed by atoms with Crippen LogP contribution in [0, 0.1) is 17.2 Å². The van der Waals surface area contributed by atoms with Crippen LogP contribution in [-0.4, -0.2) is 56.5 Å². The van der Waals surface area contributed by atoms with Gasteiger partial charge in [0.05, 0.1) is 10.3 Å². The van der Waals surface area contributed by atoms with Crippen LogP contribution in [0.5, 0.6) is 0 Å². The summed E-state index contributed by atoms with van der Waals surface area (Å²) in [5.41, 5.74) is -8.76. The molecule has 2 aromatic rings. The third-order valence-electron chi connectivity index (χ3n) is 9.00. The van der Waals surface area contributed by atoms with E-state index in [1.54, 1.807) is 0 Å². The van der Waals surface area contributed by atoms with E-state index in [1.807, 2.05) is 0 Å². The molecular formula is C28H24F8N2O5S. The lowest BCUT2D eigenvalue weighted by Gasteiger charge is -2.48. The van der Waals surface area contributed by atoms with Crippen molar-refractivity contribution >= 4 is 27.6 Å². The number of piperidine rings is 1. The first-order valence-corrected chi connectivity index (χ1v) is 14.8. The third kappa shape index (κ3) is 4.76. The maximum atomic E-state index is 14.6. The van der Waals surface area contributed by atoms with Crippen LogP contribution in [-0.2, 0) is 34.6 Å². The van der Waals surface area contributed by atoms with Crippen molar-refractivity contribution in [1.29, 1.82) is 0 Å². The number of sulfone groups is 1. The predicted molar refractivity (Wildman–Crippen MR) is 135 cm³/mol. The highest BCUT2D eigenvalue weighted by Crippen LogP contribution is 2.57. The van der Waals surface area contributed by atoms with Gasteiger partial charge in [-0.25, -0.2) is 17.2 Å². The summed E-state index contributed by atoms with van der Waals surface area (Å²) in [6.07, 6.45) is -13.2. The number of alkyl halides is 7. The van der Waals surface area contributed by atoms with E-state index in [0.717, 1.165) is 24.3 Å². The number of halogens is 8. The lowest BCUT2D eigenvalue weighted by atomic mass is 9.69. The van der Waals surface area contributed by atoms with E-state index in [0.29, 0.717) is 12.1 Å². The second-order valence-electron chi connectivity index (χ2n) is 11.4. The van der Waals surface area contributed by atoms with Crippen molar-refractivity contribution in [2.24, 2.45) is 11.3 Å². The number of hydrogen-bond acceptors (Lipinski definition) is 5. The zero-order chi connectivity index (χ0) is 32.5. The van der Waals surface area contributed by atoms with Crippen molar-refractivity contribution in [1.82, 2.24) is 10.2 Å². The molecule has 2 aromatic carbocycles. The minimum absolute atomic E-state index is 0.0187. The molecule has 2 saturated heterocycles. The molecule has 1 saturated carbocycles. The van der Waals surface area contributed by atoms with Crippen LogP contribution in [0.25, 0.3) is 0 Å². The molecule has 44 heavy (non-hydrogen) atoms. The number of benzene rings is 2. The number of imide groups is 1. The second kappa shape index (κ2) is 10.2. The monoisotopic (exact) mass is 652 g/mol. The lowest BCUT2D eigenvalue weighted by molar-refractivity contribution is -0.348. The number of rotatable bonds is 5. The molecule has 238 valence electrons. The molecule has 5 rings (SSSR count). The fourth-order valence-electron chi connectivity index (χ4n) is 6.36. The molecule has 0 atom stereocenters. The van der Waals surface area contributed by atoms with E-state index >= 15 is 0 Å². The normalized spacial score (nSPS) is 24.3. The molecule has 0 aromatic heterocycles. The van der Waals surface area contributed by atoms with Gasteiger partial charge in [0.15, 0.2) is 9.84 Å². The Kier molecular flexibility index (Phi) is 7.41. The number of amides is 3. The van der Waals surface area contributed by atoms with E-state index in [-0.39, 0.29) is 50.0 Å². The van der Waals surface area contributed by atoms with Gasteiger partial charge in [0, 0.05) is 31.0 Å². The van der Waals surface area contributed by atoms with Crippen LogP contribution < -0.4 is 5.32 Å². The molecule has 3 amide bonds. The van der Waals surface area contributed by atoms with Gasteiger partial charge in [-0.3, -0.25) is 19.7 Å². The number of carbonyl (C=O) groups is 3. The molecule has 3 fully saturated rings. The number of carbonyl (C=O) groups excluding carboxylic acids is 3. The largest absolute Gasteiger partial charge is 0.435 e. The molecule has 1 N–H and O–H groups in total. The predicted octanol–water partition coefficient (Wildman–Crippen LogP) is 4.85. The molecule has 1 aliphatic carbocycles. The Morgan fingerprint density at radius 3 is 1.82 bits per heavy atom. The zero-order valence-electron chi connectivity index (χ0n) is 22.6. The first-order chi connectivity index (χ1) is 20.3. The van der Waals surface area contributed by atoms with Gasteiger partial charge in [-0.2, -0.15) is 26.3 Å². The summed E-state index contributed by atoms with van der Waals surface area (Å²) in [6, 6.07) is 5.32.